The molecular weight excluding hydrogens is 265 g/mol. The average molecular weight is 287 g/mol. The van der Waals surface area contributed by atoms with Gasteiger partial charge in [0.05, 0.1) is 0 Å². The van der Waals surface area contributed by atoms with Gasteiger partial charge in [0.25, 0.3) is 0 Å². The predicted octanol–water partition coefficient (Wildman–Crippen LogP) is 3.01. The normalized spacial score (nSPS) is 19.8. The zero-order chi connectivity index (χ0) is 14.7. The quantitative estimate of drug-likeness (QED) is 0.862. The standard InChI is InChI=1S/C17H22FN3/c1-20-10-8-19-17(20)11-15-3-2-9-21(13-15)12-14-4-6-16(18)7-5-14/h4-8,10,15H,2-3,9,11-13H2,1H3. The summed E-state index contributed by atoms with van der Waals surface area (Å²) >= 11 is 0. The SMILES string of the molecule is Cn1ccnc1CC1CCCN(Cc2ccc(F)cc2)C1. The molecule has 0 radical (unpaired) electrons. The van der Waals surface area contributed by atoms with Crippen LogP contribution in [0, 0.1) is 11.7 Å². The minimum absolute atomic E-state index is 0.162. The predicted molar refractivity (Wildman–Crippen MR) is 81.3 cm³/mol. The van der Waals surface area contributed by atoms with Crippen LogP contribution in [0.4, 0.5) is 4.39 Å². The highest BCUT2D eigenvalue weighted by Crippen LogP contribution is 2.21. The van der Waals surface area contributed by atoms with E-state index in [4.69, 9.17) is 0 Å². The van der Waals surface area contributed by atoms with Crippen LogP contribution in [-0.2, 0) is 20.0 Å². The number of halogens is 1. The largest absolute Gasteiger partial charge is 0.338 e. The maximum absolute atomic E-state index is 13.0. The Labute approximate surface area is 125 Å². The Morgan fingerprint density at radius 2 is 2.10 bits per heavy atom. The maximum atomic E-state index is 13.0. The van der Waals surface area contributed by atoms with Crippen molar-refractivity contribution in [1.82, 2.24) is 14.5 Å². The van der Waals surface area contributed by atoms with E-state index in [0.29, 0.717) is 5.92 Å². The van der Waals surface area contributed by atoms with Crippen molar-refractivity contribution in [3.63, 3.8) is 0 Å². The molecule has 4 heteroatoms. The molecule has 3 nitrogen and oxygen atoms in total. The number of piperidine rings is 1. The van der Waals surface area contributed by atoms with Gasteiger partial charge in [-0.05, 0) is 43.0 Å². The van der Waals surface area contributed by atoms with Gasteiger partial charge in [0.15, 0.2) is 0 Å². The van der Waals surface area contributed by atoms with Crippen LogP contribution in [0.1, 0.15) is 24.2 Å². The van der Waals surface area contributed by atoms with Gasteiger partial charge in [0.2, 0.25) is 0 Å². The number of rotatable bonds is 4. The van der Waals surface area contributed by atoms with Gasteiger partial charge >= 0.3 is 0 Å². The summed E-state index contributed by atoms with van der Waals surface area (Å²) in [6, 6.07) is 6.87. The van der Waals surface area contributed by atoms with Crippen molar-refractivity contribution >= 4 is 0 Å². The first-order chi connectivity index (χ1) is 10.2. The van der Waals surface area contributed by atoms with E-state index in [-0.39, 0.29) is 5.82 Å². The molecule has 1 fully saturated rings. The lowest BCUT2D eigenvalue weighted by Crippen LogP contribution is -2.36. The van der Waals surface area contributed by atoms with E-state index >= 15 is 0 Å². The fraction of sp³-hybridized carbons (Fsp3) is 0.471. The molecule has 0 spiro atoms. The van der Waals surface area contributed by atoms with Crippen LogP contribution in [-0.4, -0.2) is 27.5 Å². The van der Waals surface area contributed by atoms with E-state index in [0.717, 1.165) is 26.1 Å². The molecule has 1 aromatic heterocycles. The lowest BCUT2D eigenvalue weighted by Gasteiger charge is -2.32. The molecule has 0 saturated carbocycles. The molecule has 0 bridgehead atoms. The highest BCUT2D eigenvalue weighted by Gasteiger charge is 2.21. The Morgan fingerprint density at radius 3 is 2.81 bits per heavy atom. The minimum Gasteiger partial charge on any atom is -0.338 e. The van der Waals surface area contributed by atoms with Crippen molar-refractivity contribution in [3.05, 3.63) is 53.9 Å². The van der Waals surface area contributed by atoms with Crippen molar-refractivity contribution in [1.29, 1.82) is 0 Å². The second kappa shape index (κ2) is 6.39. The summed E-state index contributed by atoms with van der Waals surface area (Å²) in [5.74, 6) is 1.67. The zero-order valence-electron chi connectivity index (χ0n) is 12.5. The van der Waals surface area contributed by atoms with Crippen molar-refractivity contribution in [2.24, 2.45) is 13.0 Å². The average Bonchev–Trinajstić information content (AvgIpc) is 2.87. The molecule has 1 aliphatic rings. The van der Waals surface area contributed by atoms with Crippen molar-refractivity contribution < 1.29 is 4.39 Å². The molecule has 3 rings (SSSR count). The molecule has 2 aromatic rings. The van der Waals surface area contributed by atoms with Crippen molar-refractivity contribution in [3.8, 4) is 0 Å². The third-order valence-electron chi connectivity index (χ3n) is 4.31. The molecule has 112 valence electrons. The van der Waals surface area contributed by atoms with Crippen LogP contribution in [0.2, 0.25) is 0 Å². The Kier molecular flexibility index (Phi) is 4.34. The Balaban J connectivity index is 1.58. The fourth-order valence-electron chi connectivity index (χ4n) is 3.16. The van der Waals surface area contributed by atoms with Gasteiger partial charge in [-0.25, -0.2) is 9.37 Å². The summed E-state index contributed by atoms with van der Waals surface area (Å²) in [5, 5.41) is 0. The van der Waals surface area contributed by atoms with Gasteiger partial charge in [-0.3, -0.25) is 4.90 Å². The number of aromatic nitrogens is 2. The Morgan fingerprint density at radius 1 is 1.29 bits per heavy atom. The molecule has 1 saturated heterocycles. The van der Waals surface area contributed by atoms with Gasteiger partial charge in [-0.1, -0.05) is 12.1 Å². The number of imidazole rings is 1. The summed E-state index contributed by atoms with van der Waals surface area (Å²) in [5.41, 5.74) is 1.19. The summed E-state index contributed by atoms with van der Waals surface area (Å²) in [4.78, 5) is 6.91. The third-order valence-corrected chi connectivity index (χ3v) is 4.31. The molecule has 1 atom stereocenters. The van der Waals surface area contributed by atoms with E-state index in [9.17, 15) is 4.39 Å². The van der Waals surface area contributed by atoms with E-state index in [1.165, 1.54) is 24.2 Å². The molecule has 0 aliphatic carbocycles. The first-order valence-corrected chi connectivity index (χ1v) is 7.64. The van der Waals surface area contributed by atoms with Gasteiger partial charge in [0, 0.05) is 39.0 Å². The monoisotopic (exact) mass is 287 g/mol. The fourth-order valence-corrected chi connectivity index (χ4v) is 3.16. The Hall–Kier alpha value is -1.68. The molecule has 2 heterocycles. The van der Waals surface area contributed by atoms with Crippen LogP contribution in [0.5, 0.6) is 0 Å². The molecule has 0 N–H and O–H groups in total. The summed E-state index contributed by atoms with van der Waals surface area (Å²) in [6.45, 7) is 3.15. The number of aryl methyl sites for hydroxylation is 1. The highest BCUT2D eigenvalue weighted by atomic mass is 19.1. The molecule has 1 aromatic carbocycles. The molecule has 0 amide bonds. The molecule has 21 heavy (non-hydrogen) atoms. The minimum atomic E-state index is -0.162. The van der Waals surface area contributed by atoms with Crippen molar-refractivity contribution in [2.75, 3.05) is 13.1 Å². The lowest BCUT2D eigenvalue weighted by atomic mass is 9.94. The van der Waals surface area contributed by atoms with E-state index in [1.54, 1.807) is 12.1 Å². The van der Waals surface area contributed by atoms with Gasteiger partial charge in [-0.15, -0.1) is 0 Å². The number of benzene rings is 1. The van der Waals surface area contributed by atoms with Crippen LogP contribution in [0.15, 0.2) is 36.7 Å². The highest BCUT2D eigenvalue weighted by molar-refractivity contribution is 5.16. The van der Waals surface area contributed by atoms with E-state index in [2.05, 4.69) is 21.5 Å². The van der Waals surface area contributed by atoms with Crippen LogP contribution < -0.4 is 0 Å². The molecule has 1 unspecified atom stereocenters. The van der Waals surface area contributed by atoms with Gasteiger partial charge in [-0.2, -0.15) is 0 Å². The maximum Gasteiger partial charge on any atom is 0.123 e. The first-order valence-electron chi connectivity index (χ1n) is 7.64. The van der Waals surface area contributed by atoms with Crippen LogP contribution >= 0.6 is 0 Å². The smallest absolute Gasteiger partial charge is 0.123 e. The molecular formula is C17H22FN3. The topological polar surface area (TPSA) is 21.1 Å². The number of likely N-dealkylation sites (tertiary alicyclic amines) is 1. The van der Waals surface area contributed by atoms with Crippen molar-refractivity contribution in [2.45, 2.75) is 25.8 Å². The zero-order valence-corrected chi connectivity index (χ0v) is 12.5. The lowest BCUT2D eigenvalue weighted by molar-refractivity contribution is 0.165. The summed E-state index contributed by atoms with van der Waals surface area (Å²) in [6.07, 6.45) is 7.43. The number of hydrogen-bond donors (Lipinski definition) is 0. The van der Waals surface area contributed by atoms with Gasteiger partial charge < -0.3 is 4.57 Å². The second-order valence-electron chi connectivity index (χ2n) is 6.03. The summed E-state index contributed by atoms with van der Waals surface area (Å²) < 4.78 is 15.1. The van der Waals surface area contributed by atoms with Crippen LogP contribution in [0.3, 0.4) is 0 Å². The first kappa shape index (κ1) is 14.3. The van der Waals surface area contributed by atoms with E-state index in [1.807, 2.05) is 24.5 Å². The number of hydrogen-bond acceptors (Lipinski definition) is 2. The van der Waals surface area contributed by atoms with E-state index < -0.39 is 0 Å². The molecule has 1 aliphatic heterocycles. The van der Waals surface area contributed by atoms with Gasteiger partial charge in [0.1, 0.15) is 11.6 Å². The second-order valence-corrected chi connectivity index (χ2v) is 6.03. The third kappa shape index (κ3) is 3.70. The Bertz CT molecular complexity index is 576. The summed E-state index contributed by atoms with van der Waals surface area (Å²) in [7, 11) is 2.06. The van der Waals surface area contributed by atoms with Crippen LogP contribution in [0.25, 0.3) is 0 Å². The number of nitrogens with zero attached hydrogens (tertiary/aromatic N) is 3.